The minimum atomic E-state index is 0.265. The summed E-state index contributed by atoms with van der Waals surface area (Å²) in [6, 6.07) is 0.466. The van der Waals surface area contributed by atoms with E-state index in [0.29, 0.717) is 12.0 Å². The normalized spacial score (nSPS) is 33.6. The van der Waals surface area contributed by atoms with Crippen molar-refractivity contribution in [1.82, 2.24) is 10.2 Å². The van der Waals surface area contributed by atoms with Gasteiger partial charge in [-0.25, -0.2) is 0 Å². The average Bonchev–Trinajstić information content (AvgIpc) is 2.62. The molecule has 3 unspecified atom stereocenters. The Morgan fingerprint density at radius 1 is 1.67 bits per heavy atom. The number of likely N-dealkylation sites (tertiary alicyclic amines) is 1. The quantitative estimate of drug-likeness (QED) is 0.786. The second kappa shape index (κ2) is 4.83. The number of halogens is 1. The minimum Gasteiger partial charge on any atom is -0.354 e. The van der Waals surface area contributed by atoms with Crippen molar-refractivity contribution in [3.63, 3.8) is 0 Å². The number of nitrogens with one attached hydrogen (secondary N) is 1. The van der Waals surface area contributed by atoms with Gasteiger partial charge in [-0.15, -0.1) is 0 Å². The van der Waals surface area contributed by atoms with Gasteiger partial charge in [0.05, 0.1) is 5.92 Å². The van der Waals surface area contributed by atoms with Crippen LogP contribution >= 0.6 is 15.9 Å². The zero-order chi connectivity index (χ0) is 10.8. The zero-order valence-electron chi connectivity index (χ0n) is 9.21. The Morgan fingerprint density at radius 2 is 2.47 bits per heavy atom. The van der Waals surface area contributed by atoms with E-state index < -0.39 is 0 Å². The van der Waals surface area contributed by atoms with Crippen LogP contribution in [0.5, 0.6) is 0 Å². The molecule has 1 N–H and O–H groups in total. The Kier molecular flexibility index (Phi) is 3.67. The van der Waals surface area contributed by atoms with Crippen LogP contribution in [0.2, 0.25) is 0 Å². The first-order valence-corrected chi connectivity index (χ1v) is 6.92. The highest BCUT2D eigenvalue weighted by atomic mass is 79.9. The highest BCUT2D eigenvalue weighted by Crippen LogP contribution is 2.27. The summed E-state index contributed by atoms with van der Waals surface area (Å²) in [7, 11) is 0. The lowest BCUT2D eigenvalue weighted by Crippen LogP contribution is -2.47. The fourth-order valence-electron chi connectivity index (χ4n) is 2.72. The summed E-state index contributed by atoms with van der Waals surface area (Å²) < 4.78 is 0. The second-order valence-corrected chi connectivity index (χ2v) is 5.46. The molecule has 2 heterocycles. The molecule has 0 aliphatic carbocycles. The number of carbonyl (C=O) groups is 1. The van der Waals surface area contributed by atoms with Crippen molar-refractivity contribution >= 4 is 21.8 Å². The van der Waals surface area contributed by atoms with E-state index in [0.717, 1.165) is 31.4 Å². The number of alkyl halides is 1. The summed E-state index contributed by atoms with van der Waals surface area (Å²) in [5.41, 5.74) is 0. The fourth-order valence-corrected chi connectivity index (χ4v) is 2.92. The van der Waals surface area contributed by atoms with Crippen LogP contribution in [0.1, 0.15) is 19.8 Å². The van der Waals surface area contributed by atoms with Gasteiger partial charge in [0.1, 0.15) is 0 Å². The average molecular weight is 275 g/mol. The van der Waals surface area contributed by atoms with Crippen molar-refractivity contribution in [1.29, 1.82) is 0 Å². The van der Waals surface area contributed by atoms with Crippen molar-refractivity contribution in [2.24, 2.45) is 11.8 Å². The Bertz CT molecular complexity index is 247. The SMILES string of the molecule is CC(CBr)CN1CCCC2C(=O)NCC21. The smallest absolute Gasteiger partial charge is 0.224 e. The number of amides is 1. The molecule has 2 fully saturated rings. The third-order valence-corrected chi connectivity index (χ3v) is 4.63. The van der Waals surface area contributed by atoms with Gasteiger partial charge in [0, 0.05) is 24.5 Å². The maximum Gasteiger partial charge on any atom is 0.224 e. The number of nitrogens with zero attached hydrogens (tertiary/aromatic N) is 1. The summed E-state index contributed by atoms with van der Waals surface area (Å²) in [5, 5.41) is 4.03. The van der Waals surface area contributed by atoms with Crippen LogP contribution in [0.3, 0.4) is 0 Å². The van der Waals surface area contributed by atoms with Gasteiger partial charge in [0.2, 0.25) is 5.91 Å². The van der Waals surface area contributed by atoms with E-state index in [1.54, 1.807) is 0 Å². The molecule has 0 aromatic rings. The first-order chi connectivity index (χ1) is 7.22. The van der Waals surface area contributed by atoms with E-state index >= 15 is 0 Å². The fraction of sp³-hybridized carbons (Fsp3) is 0.909. The maximum absolute atomic E-state index is 11.6. The van der Waals surface area contributed by atoms with Gasteiger partial charge in [-0.05, 0) is 25.3 Å². The first kappa shape index (κ1) is 11.4. The van der Waals surface area contributed by atoms with Crippen molar-refractivity contribution < 1.29 is 4.79 Å². The van der Waals surface area contributed by atoms with Gasteiger partial charge in [-0.2, -0.15) is 0 Å². The van der Waals surface area contributed by atoms with Crippen molar-refractivity contribution in [3.05, 3.63) is 0 Å². The van der Waals surface area contributed by atoms with Gasteiger partial charge < -0.3 is 5.32 Å². The summed E-state index contributed by atoms with van der Waals surface area (Å²) >= 11 is 3.52. The van der Waals surface area contributed by atoms with Crippen LogP contribution < -0.4 is 5.32 Å². The standard InChI is InChI=1S/C11H19BrN2O/c1-8(5-12)7-14-4-2-3-9-10(14)6-13-11(9)15/h8-10H,2-7H2,1H3,(H,13,15). The van der Waals surface area contributed by atoms with Crippen LogP contribution in [0.25, 0.3) is 0 Å². The summed E-state index contributed by atoms with van der Waals surface area (Å²) in [6.07, 6.45) is 2.25. The van der Waals surface area contributed by atoms with Crippen molar-refractivity contribution in [3.8, 4) is 0 Å². The van der Waals surface area contributed by atoms with E-state index in [9.17, 15) is 4.79 Å². The summed E-state index contributed by atoms with van der Waals surface area (Å²) in [4.78, 5) is 14.1. The Morgan fingerprint density at radius 3 is 3.20 bits per heavy atom. The maximum atomic E-state index is 11.6. The number of carbonyl (C=O) groups excluding carboxylic acids is 1. The van der Waals surface area contributed by atoms with Gasteiger partial charge in [-0.3, -0.25) is 9.69 Å². The molecule has 0 aromatic heterocycles. The molecule has 0 spiro atoms. The van der Waals surface area contributed by atoms with E-state index in [2.05, 4.69) is 33.1 Å². The monoisotopic (exact) mass is 274 g/mol. The molecule has 0 bridgehead atoms. The lowest BCUT2D eigenvalue weighted by molar-refractivity contribution is -0.124. The lowest BCUT2D eigenvalue weighted by atomic mass is 9.91. The highest BCUT2D eigenvalue weighted by molar-refractivity contribution is 9.09. The lowest BCUT2D eigenvalue weighted by Gasteiger charge is -2.37. The Balaban J connectivity index is 1.97. The number of hydrogen-bond acceptors (Lipinski definition) is 2. The molecule has 2 aliphatic rings. The molecule has 2 aliphatic heterocycles. The van der Waals surface area contributed by atoms with Crippen LogP contribution in [0.4, 0.5) is 0 Å². The molecule has 3 atom stereocenters. The van der Waals surface area contributed by atoms with Crippen LogP contribution in [0, 0.1) is 11.8 Å². The van der Waals surface area contributed by atoms with E-state index in [1.807, 2.05) is 0 Å². The third-order valence-electron chi connectivity index (χ3n) is 3.53. The predicted molar refractivity (Wildman–Crippen MR) is 64.1 cm³/mol. The predicted octanol–water partition coefficient (Wildman–Crippen LogP) is 1.23. The van der Waals surface area contributed by atoms with Gasteiger partial charge in [0.25, 0.3) is 0 Å². The molecule has 2 rings (SSSR count). The first-order valence-electron chi connectivity index (χ1n) is 5.80. The molecule has 3 nitrogen and oxygen atoms in total. The van der Waals surface area contributed by atoms with Crippen LogP contribution in [0.15, 0.2) is 0 Å². The van der Waals surface area contributed by atoms with E-state index in [-0.39, 0.29) is 11.8 Å². The van der Waals surface area contributed by atoms with Gasteiger partial charge >= 0.3 is 0 Å². The molecule has 15 heavy (non-hydrogen) atoms. The molecular weight excluding hydrogens is 256 g/mol. The van der Waals surface area contributed by atoms with E-state index in [4.69, 9.17) is 0 Å². The molecule has 0 aromatic carbocycles. The molecule has 86 valence electrons. The molecular formula is C11H19BrN2O. The Labute approximate surface area is 99.7 Å². The highest BCUT2D eigenvalue weighted by Gasteiger charge is 2.40. The summed E-state index contributed by atoms with van der Waals surface area (Å²) in [5.74, 6) is 1.21. The third kappa shape index (κ3) is 2.36. The largest absolute Gasteiger partial charge is 0.354 e. The zero-order valence-corrected chi connectivity index (χ0v) is 10.8. The van der Waals surface area contributed by atoms with Gasteiger partial charge in [-0.1, -0.05) is 22.9 Å². The topological polar surface area (TPSA) is 32.3 Å². The number of piperidine rings is 1. The molecule has 0 saturated carbocycles. The molecule has 0 radical (unpaired) electrons. The second-order valence-electron chi connectivity index (χ2n) is 4.82. The number of hydrogen-bond donors (Lipinski definition) is 1. The van der Waals surface area contributed by atoms with E-state index in [1.165, 1.54) is 6.42 Å². The number of fused-ring (bicyclic) bond motifs is 1. The summed E-state index contributed by atoms with van der Waals surface area (Å²) in [6.45, 7) is 5.38. The van der Waals surface area contributed by atoms with Crippen molar-refractivity contribution in [2.45, 2.75) is 25.8 Å². The molecule has 2 saturated heterocycles. The van der Waals surface area contributed by atoms with Crippen LogP contribution in [-0.4, -0.2) is 41.8 Å². The van der Waals surface area contributed by atoms with Crippen molar-refractivity contribution in [2.75, 3.05) is 25.0 Å². The minimum absolute atomic E-state index is 0.265. The molecule has 4 heteroatoms. The Hall–Kier alpha value is -0.0900. The van der Waals surface area contributed by atoms with Gasteiger partial charge in [0.15, 0.2) is 0 Å². The van der Waals surface area contributed by atoms with Crippen LogP contribution in [-0.2, 0) is 4.79 Å². The molecule has 1 amide bonds. The number of rotatable bonds is 3.